The average molecular weight is 508 g/mol. The standard InChI is InChI=1S/C32H29NO3S/c1-23(31(25-13-5-4-6-14-25)28-17-8-10-19-30(28)37-3)27-16-7-9-18-29(27)33(22-34)21-24-12-11-15-26(20-24)32(35)36-2/h4-20,22H,21H2,1-3H3/b31-23-. The number of carbonyl (C=O) groups is 2. The highest BCUT2D eigenvalue weighted by molar-refractivity contribution is 7.98. The molecule has 0 heterocycles. The Kier molecular flexibility index (Phi) is 8.60. The largest absolute Gasteiger partial charge is 0.465 e. The van der Waals surface area contributed by atoms with E-state index >= 15 is 0 Å². The number of hydrogen-bond donors (Lipinski definition) is 0. The Bertz CT molecular complexity index is 1430. The second-order valence-corrected chi connectivity index (χ2v) is 9.36. The predicted molar refractivity (Wildman–Crippen MR) is 153 cm³/mol. The number of anilines is 1. The minimum Gasteiger partial charge on any atom is -0.465 e. The van der Waals surface area contributed by atoms with Crippen LogP contribution >= 0.6 is 11.8 Å². The molecule has 0 aliphatic heterocycles. The normalized spacial score (nSPS) is 11.4. The molecule has 4 aromatic rings. The van der Waals surface area contributed by atoms with Gasteiger partial charge in [-0.15, -0.1) is 11.8 Å². The number of methoxy groups -OCH3 is 1. The fourth-order valence-electron chi connectivity index (χ4n) is 4.50. The van der Waals surface area contributed by atoms with Gasteiger partial charge in [-0.05, 0) is 65.3 Å². The molecule has 4 rings (SSSR count). The number of para-hydroxylation sites is 1. The lowest BCUT2D eigenvalue weighted by atomic mass is 9.89. The van der Waals surface area contributed by atoms with Gasteiger partial charge in [0.15, 0.2) is 0 Å². The first-order valence-electron chi connectivity index (χ1n) is 12.0. The quantitative estimate of drug-likeness (QED) is 0.103. The van der Waals surface area contributed by atoms with E-state index < -0.39 is 5.97 Å². The third-order valence-electron chi connectivity index (χ3n) is 6.26. The number of benzene rings is 4. The highest BCUT2D eigenvalue weighted by Gasteiger charge is 2.18. The van der Waals surface area contributed by atoms with Crippen molar-refractivity contribution in [2.24, 2.45) is 0 Å². The molecule has 0 radical (unpaired) electrons. The van der Waals surface area contributed by atoms with Crippen LogP contribution < -0.4 is 4.90 Å². The molecule has 0 atom stereocenters. The van der Waals surface area contributed by atoms with E-state index in [9.17, 15) is 9.59 Å². The molecule has 0 aromatic heterocycles. The molecule has 0 saturated carbocycles. The van der Waals surface area contributed by atoms with Crippen molar-refractivity contribution in [1.29, 1.82) is 0 Å². The summed E-state index contributed by atoms with van der Waals surface area (Å²) in [5.41, 5.74) is 7.51. The summed E-state index contributed by atoms with van der Waals surface area (Å²) in [5.74, 6) is -0.404. The molecular weight excluding hydrogens is 478 g/mol. The number of amides is 1. The van der Waals surface area contributed by atoms with Crippen LogP contribution in [0.2, 0.25) is 0 Å². The fraction of sp³-hybridized carbons (Fsp3) is 0.125. The number of carbonyl (C=O) groups excluding carboxylic acids is 2. The number of ether oxygens (including phenoxy) is 1. The van der Waals surface area contributed by atoms with Crippen LogP contribution in [0.1, 0.15) is 39.5 Å². The SMILES string of the molecule is COC(=O)c1cccc(CN(C=O)c2ccccc2/C(C)=C(/c2ccccc2)c2ccccc2SC)c1. The summed E-state index contributed by atoms with van der Waals surface area (Å²) in [5, 5.41) is 0. The fourth-order valence-corrected chi connectivity index (χ4v) is 5.10. The van der Waals surface area contributed by atoms with Crippen molar-refractivity contribution in [3.05, 3.63) is 131 Å². The number of hydrogen-bond acceptors (Lipinski definition) is 4. The van der Waals surface area contributed by atoms with Crippen LogP contribution in [0, 0.1) is 0 Å². The molecule has 37 heavy (non-hydrogen) atoms. The minimum atomic E-state index is -0.404. The van der Waals surface area contributed by atoms with Crippen molar-refractivity contribution in [2.45, 2.75) is 18.4 Å². The van der Waals surface area contributed by atoms with Crippen LogP contribution in [0.5, 0.6) is 0 Å². The monoisotopic (exact) mass is 507 g/mol. The lowest BCUT2D eigenvalue weighted by molar-refractivity contribution is -0.107. The summed E-state index contributed by atoms with van der Waals surface area (Å²) < 4.78 is 4.86. The highest BCUT2D eigenvalue weighted by atomic mass is 32.2. The molecule has 1 amide bonds. The van der Waals surface area contributed by atoms with Crippen molar-refractivity contribution in [1.82, 2.24) is 0 Å². The third kappa shape index (κ3) is 5.84. The molecule has 0 N–H and O–H groups in total. The zero-order valence-electron chi connectivity index (χ0n) is 21.2. The van der Waals surface area contributed by atoms with Crippen LogP contribution in [-0.2, 0) is 16.1 Å². The van der Waals surface area contributed by atoms with E-state index in [0.29, 0.717) is 12.1 Å². The van der Waals surface area contributed by atoms with Gasteiger partial charge in [0.2, 0.25) is 6.41 Å². The van der Waals surface area contributed by atoms with Crippen LogP contribution in [0.25, 0.3) is 11.1 Å². The topological polar surface area (TPSA) is 46.6 Å². The van der Waals surface area contributed by atoms with Crippen molar-refractivity contribution >= 4 is 41.0 Å². The summed E-state index contributed by atoms with van der Waals surface area (Å²) in [6, 6.07) is 33.8. The first kappa shape index (κ1) is 26.0. The first-order chi connectivity index (χ1) is 18.1. The van der Waals surface area contributed by atoms with Gasteiger partial charge in [-0.2, -0.15) is 0 Å². The van der Waals surface area contributed by atoms with Crippen LogP contribution in [0.15, 0.2) is 108 Å². The van der Waals surface area contributed by atoms with Crippen LogP contribution in [-0.4, -0.2) is 25.7 Å². The molecule has 5 heteroatoms. The van der Waals surface area contributed by atoms with Gasteiger partial charge >= 0.3 is 5.97 Å². The van der Waals surface area contributed by atoms with Gasteiger partial charge in [-0.3, -0.25) is 4.79 Å². The van der Waals surface area contributed by atoms with Gasteiger partial charge in [0.1, 0.15) is 0 Å². The second-order valence-electron chi connectivity index (χ2n) is 8.51. The molecule has 0 saturated heterocycles. The molecule has 4 nitrogen and oxygen atoms in total. The lowest BCUT2D eigenvalue weighted by Gasteiger charge is -2.24. The average Bonchev–Trinajstić information content (AvgIpc) is 2.96. The first-order valence-corrected chi connectivity index (χ1v) is 13.2. The van der Waals surface area contributed by atoms with E-state index in [0.717, 1.165) is 45.5 Å². The Morgan fingerprint density at radius 1 is 0.838 bits per heavy atom. The van der Waals surface area contributed by atoms with Crippen molar-refractivity contribution in [3.63, 3.8) is 0 Å². The van der Waals surface area contributed by atoms with Crippen LogP contribution in [0.3, 0.4) is 0 Å². The Balaban J connectivity index is 1.85. The van der Waals surface area contributed by atoms with Gasteiger partial charge in [-0.25, -0.2) is 4.79 Å². The Morgan fingerprint density at radius 3 is 2.19 bits per heavy atom. The predicted octanol–water partition coefficient (Wildman–Crippen LogP) is 7.34. The summed E-state index contributed by atoms with van der Waals surface area (Å²) in [4.78, 5) is 27.3. The van der Waals surface area contributed by atoms with E-state index in [1.54, 1.807) is 34.9 Å². The molecule has 186 valence electrons. The maximum atomic E-state index is 12.4. The summed E-state index contributed by atoms with van der Waals surface area (Å²) in [7, 11) is 1.36. The summed E-state index contributed by atoms with van der Waals surface area (Å²) >= 11 is 1.71. The molecule has 0 bridgehead atoms. The van der Waals surface area contributed by atoms with Crippen LogP contribution in [0.4, 0.5) is 5.69 Å². The van der Waals surface area contributed by atoms with Gasteiger partial charge < -0.3 is 9.64 Å². The maximum absolute atomic E-state index is 12.4. The van der Waals surface area contributed by atoms with Crippen molar-refractivity contribution < 1.29 is 14.3 Å². The summed E-state index contributed by atoms with van der Waals surface area (Å²) in [6.07, 6.45) is 2.93. The number of nitrogens with zero attached hydrogens (tertiary/aromatic N) is 1. The molecule has 4 aromatic carbocycles. The van der Waals surface area contributed by atoms with Gasteiger partial charge in [0.25, 0.3) is 0 Å². The molecule has 0 aliphatic carbocycles. The van der Waals surface area contributed by atoms with Crippen molar-refractivity contribution in [2.75, 3.05) is 18.3 Å². The van der Waals surface area contributed by atoms with E-state index in [1.165, 1.54) is 12.0 Å². The van der Waals surface area contributed by atoms with Gasteiger partial charge in [0.05, 0.1) is 24.9 Å². The van der Waals surface area contributed by atoms with Gasteiger partial charge in [-0.1, -0.05) is 78.9 Å². The van der Waals surface area contributed by atoms with E-state index in [1.807, 2.05) is 42.5 Å². The van der Waals surface area contributed by atoms with Gasteiger partial charge in [0, 0.05) is 10.5 Å². The lowest BCUT2D eigenvalue weighted by Crippen LogP contribution is -2.22. The Hall–Kier alpha value is -4.09. The Labute approximate surface area is 222 Å². The molecular formula is C32H29NO3S. The number of esters is 1. The Morgan fingerprint density at radius 2 is 1.49 bits per heavy atom. The second kappa shape index (κ2) is 12.2. The molecule has 0 fully saturated rings. The highest BCUT2D eigenvalue weighted by Crippen LogP contribution is 2.39. The zero-order chi connectivity index (χ0) is 26.2. The van der Waals surface area contributed by atoms with E-state index in [4.69, 9.17) is 4.74 Å². The molecule has 0 spiro atoms. The number of allylic oxidation sites excluding steroid dienone is 1. The molecule has 0 unspecified atom stereocenters. The maximum Gasteiger partial charge on any atom is 0.337 e. The number of rotatable bonds is 9. The smallest absolute Gasteiger partial charge is 0.337 e. The van der Waals surface area contributed by atoms with E-state index in [2.05, 4.69) is 55.6 Å². The van der Waals surface area contributed by atoms with Crippen molar-refractivity contribution in [3.8, 4) is 0 Å². The third-order valence-corrected chi connectivity index (χ3v) is 7.06. The number of thioether (sulfide) groups is 1. The van der Waals surface area contributed by atoms with E-state index in [-0.39, 0.29) is 0 Å². The minimum absolute atomic E-state index is 0.320. The summed E-state index contributed by atoms with van der Waals surface area (Å²) in [6.45, 7) is 2.43. The zero-order valence-corrected chi connectivity index (χ0v) is 22.0. The molecule has 0 aliphatic rings.